The number of hydrogen-bond acceptors (Lipinski definition) is 5. The number of phosphoric ester groups is 1. The van der Waals surface area contributed by atoms with Gasteiger partial charge in [-0.1, -0.05) is 6.58 Å². The lowest BCUT2D eigenvalue weighted by Gasteiger charge is -2.10. The van der Waals surface area contributed by atoms with E-state index < -0.39 is 14.4 Å². The van der Waals surface area contributed by atoms with Gasteiger partial charge in [-0.05, 0) is 0 Å². The second-order valence-electron chi connectivity index (χ2n) is 1.93. The Kier molecular flexibility index (Phi) is 5.12. The Labute approximate surface area is 70.2 Å². The predicted molar refractivity (Wildman–Crippen MR) is 42.6 cm³/mol. The Hall–Kier alpha value is -0.390. The zero-order valence-corrected chi connectivity index (χ0v) is 7.37. The van der Waals surface area contributed by atoms with Crippen LogP contribution in [-0.4, -0.2) is 29.8 Å². The molecule has 1 unspecified atom stereocenters. The molecule has 0 heterocycles. The summed E-state index contributed by atoms with van der Waals surface area (Å²) in [6.45, 7) is 2.67. The van der Waals surface area contributed by atoms with Gasteiger partial charge in [-0.25, -0.2) is 4.57 Å². The smallest absolute Gasteiger partial charge is 0.472 e. The number of hydrogen-bond donors (Lipinski definition) is 3. The third kappa shape index (κ3) is 6.33. The Bertz CT molecular complexity index is 194. The molecule has 12 heavy (non-hydrogen) atoms. The normalized spacial score (nSPS) is 15.5. The summed E-state index contributed by atoms with van der Waals surface area (Å²) in [7, 11) is -4.06. The molecule has 0 aromatic heterocycles. The van der Waals surface area contributed by atoms with Crippen molar-refractivity contribution >= 4 is 7.82 Å². The van der Waals surface area contributed by atoms with E-state index in [0.29, 0.717) is 0 Å². The second-order valence-corrected chi connectivity index (χ2v) is 3.38. The molecule has 0 saturated carbocycles. The minimum atomic E-state index is -4.06. The lowest BCUT2D eigenvalue weighted by molar-refractivity contribution is 0.148. The van der Waals surface area contributed by atoms with Gasteiger partial charge in [0.05, 0.1) is 6.61 Å². The topological polar surface area (TPSA) is 102 Å². The highest BCUT2D eigenvalue weighted by molar-refractivity contribution is 7.47. The van der Waals surface area contributed by atoms with Crippen LogP contribution in [0.2, 0.25) is 0 Å². The van der Waals surface area contributed by atoms with Gasteiger partial charge in [-0.2, -0.15) is 0 Å². The molecule has 7 heteroatoms. The number of rotatable bonds is 6. The first-order chi connectivity index (χ1) is 5.48. The van der Waals surface area contributed by atoms with E-state index in [9.17, 15) is 4.57 Å². The van der Waals surface area contributed by atoms with Gasteiger partial charge in [0, 0.05) is 6.54 Å². The van der Waals surface area contributed by atoms with Crippen molar-refractivity contribution in [2.24, 2.45) is 5.73 Å². The molecule has 1 atom stereocenters. The summed E-state index contributed by atoms with van der Waals surface area (Å²) in [5.41, 5.74) is 5.01. The molecule has 0 aliphatic rings. The summed E-state index contributed by atoms with van der Waals surface area (Å²) in [5.74, 6) is -0.347. The molecule has 0 fully saturated rings. The first kappa shape index (κ1) is 11.6. The van der Waals surface area contributed by atoms with Crippen LogP contribution in [0.5, 0.6) is 0 Å². The van der Waals surface area contributed by atoms with Crippen LogP contribution in [0.25, 0.3) is 0 Å². The second kappa shape index (κ2) is 5.29. The number of nitrogens with two attached hydrogens (primary N) is 1. The molecule has 0 aliphatic heterocycles. The van der Waals surface area contributed by atoms with E-state index in [1.165, 1.54) is 0 Å². The summed E-state index contributed by atoms with van der Waals surface area (Å²) in [6.07, 6.45) is 0. The molecule has 6 nitrogen and oxygen atoms in total. The van der Waals surface area contributed by atoms with Crippen molar-refractivity contribution in [2.75, 3.05) is 19.8 Å². The largest absolute Gasteiger partial charge is 0.510 e. The molecule has 4 N–H and O–H groups in total. The van der Waals surface area contributed by atoms with E-state index >= 15 is 0 Å². The maximum Gasteiger partial charge on any atom is 0.472 e. The van der Waals surface area contributed by atoms with Crippen LogP contribution in [-0.2, 0) is 13.6 Å². The van der Waals surface area contributed by atoms with Crippen molar-refractivity contribution in [3.63, 3.8) is 0 Å². The zero-order chi connectivity index (χ0) is 9.61. The minimum absolute atomic E-state index is 0.0777. The minimum Gasteiger partial charge on any atom is -0.510 e. The molecule has 0 spiro atoms. The molecule has 0 saturated heterocycles. The fourth-order valence-electron chi connectivity index (χ4n) is 0.361. The molecule has 0 bridgehead atoms. The third-order valence-electron chi connectivity index (χ3n) is 0.767. The van der Waals surface area contributed by atoms with Gasteiger partial charge < -0.3 is 15.7 Å². The molecule has 72 valence electrons. The van der Waals surface area contributed by atoms with Gasteiger partial charge in [0.25, 0.3) is 0 Å². The summed E-state index contributed by atoms with van der Waals surface area (Å²) >= 11 is 0. The third-order valence-corrected chi connectivity index (χ3v) is 1.73. The highest BCUT2D eigenvalue weighted by atomic mass is 31.2. The first-order valence-electron chi connectivity index (χ1n) is 3.16. The van der Waals surface area contributed by atoms with Crippen LogP contribution in [0.15, 0.2) is 12.3 Å². The molecule has 0 aromatic carbocycles. The van der Waals surface area contributed by atoms with Gasteiger partial charge >= 0.3 is 7.82 Å². The molecular weight excluding hydrogens is 185 g/mol. The standard InChI is InChI=1S/C5H12NO5P/c1-5(7)4-11-12(8,9)10-3-2-6/h7H,1-4,6H2,(H,8,9). The monoisotopic (exact) mass is 197 g/mol. The molecule has 0 amide bonds. The summed E-state index contributed by atoms with van der Waals surface area (Å²) in [4.78, 5) is 8.80. The Morgan fingerprint density at radius 3 is 2.58 bits per heavy atom. The summed E-state index contributed by atoms with van der Waals surface area (Å²) in [6, 6.07) is 0. The van der Waals surface area contributed by atoms with Crippen LogP contribution in [0.3, 0.4) is 0 Å². The lowest BCUT2D eigenvalue weighted by atomic mass is 10.6. The van der Waals surface area contributed by atoms with Gasteiger partial charge in [0.2, 0.25) is 0 Å². The maximum atomic E-state index is 10.8. The Balaban J connectivity index is 3.71. The predicted octanol–water partition coefficient (Wildman–Crippen LogP) is 0.150. The average molecular weight is 197 g/mol. The Morgan fingerprint density at radius 1 is 1.58 bits per heavy atom. The van der Waals surface area contributed by atoms with E-state index in [0.717, 1.165) is 0 Å². The van der Waals surface area contributed by atoms with E-state index in [1.54, 1.807) is 0 Å². The molecule has 0 aromatic rings. The van der Waals surface area contributed by atoms with E-state index in [1.807, 2.05) is 0 Å². The highest BCUT2D eigenvalue weighted by Crippen LogP contribution is 2.42. The van der Waals surface area contributed by atoms with Crippen molar-refractivity contribution in [2.45, 2.75) is 0 Å². The van der Waals surface area contributed by atoms with E-state index in [2.05, 4.69) is 15.6 Å². The number of aliphatic hydroxyl groups excluding tert-OH is 1. The lowest BCUT2D eigenvalue weighted by Crippen LogP contribution is -2.08. The molecule has 0 aliphatic carbocycles. The van der Waals surface area contributed by atoms with Gasteiger partial charge in [0.15, 0.2) is 0 Å². The van der Waals surface area contributed by atoms with Crippen molar-refractivity contribution in [1.29, 1.82) is 0 Å². The van der Waals surface area contributed by atoms with Crippen molar-refractivity contribution in [3.8, 4) is 0 Å². The SMILES string of the molecule is C=C(O)COP(=O)(O)OCCN. The number of aliphatic hydroxyl groups is 1. The van der Waals surface area contributed by atoms with E-state index in [-0.39, 0.29) is 18.9 Å². The quantitative estimate of drug-likeness (QED) is 0.413. The average Bonchev–Trinajstić information content (AvgIpc) is 1.98. The highest BCUT2D eigenvalue weighted by Gasteiger charge is 2.20. The molecular formula is C5H12NO5P. The summed E-state index contributed by atoms with van der Waals surface area (Å²) < 4.78 is 19.4. The fraction of sp³-hybridized carbons (Fsp3) is 0.600. The van der Waals surface area contributed by atoms with Crippen LogP contribution >= 0.6 is 7.82 Å². The Morgan fingerprint density at radius 2 is 2.17 bits per heavy atom. The van der Waals surface area contributed by atoms with Gasteiger partial charge in [0.1, 0.15) is 12.4 Å². The van der Waals surface area contributed by atoms with Gasteiger partial charge in [-0.15, -0.1) is 0 Å². The molecule has 0 rings (SSSR count). The van der Waals surface area contributed by atoms with Crippen LogP contribution in [0, 0.1) is 0 Å². The fourth-order valence-corrected chi connectivity index (χ4v) is 1.08. The van der Waals surface area contributed by atoms with Crippen molar-refractivity contribution in [3.05, 3.63) is 12.3 Å². The zero-order valence-electron chi connectivity index (χ0n) is 6.47. The van der Waals surface area contributed by atoms with Crippen LogP contribution in [0.4, 0.5) is 0 Å². The van der Waals surface area contributed by atoms with Crippen molar-refractivity contribution < 1.29 is 23.6 Å². The van der Waals surface area contributed by atoms with Gasteiger partial charge in [-0.3, -0.25) is 9.05 Å². The first-order valence-corrected chi connectivity index (χ1v) is 4.66. The van der Waals surface area contributed by atoms with Crippen LogP contribution in [0.1, 0.15) is 0 Å². The summed E-state index contributed by atoms with van der Waals surface area (Å²) in [5, 5.41) is 8.51. The van der Waals surface area contributed by atoms with E-state index in [4.69, 9.17) is 15.7 Å². The van der Waals surface area contributed by atoms with Crippen molar-refractivity contribution in [1.82, 2.24) is 0 Å². The van der Waals surface area contributed by atoms with Crippen LogP contribution < -0.4 is 5.73 Å². The number of phosphoric acid groups is 1. The molecule has 0 radical (unpaired) electrons. The maximum absolute atomic E-state index is 10.8.